The molecule has 0 bridgehead atoms. The van der Waals surface area contributed by atoms with Gasteiger partial charge in [-0.05, 0) is 49.8 Å². The summed E-state index contributed by atoms with van der Waals surface area (Å²) in [5.41, 5.74) is 2.98. The Kier molecular flexibility index (Phi) is 4.57. The number of hydrogen-bond donors (Lipinski definition) is 1. The summed E-state index contributed by atoms with van der Waals surface area (Å²) in [6.45, 7) is 4.16. The van der Waals surface area contributed by atoms with Crippen molar-refractivity contribution in [2.24, 2.45) is 0 Å². The van der Waals surface area contributed by atoms with Gasteiger partial charge in [0.2, 0.25) is 0 Å². The maximum Gasteiger partial charge on any atom is 0.0474 e. The Hall–Kier alpha value is -0.860. The van der Waals surface area contributed by atoms with E-state index in [-0.39, 0.29) is 0 Å². The van der Waals surface area contributed by atoms with Crippen molar-refractivity contribution in [2.45, 2.75) is 38.1 Å². The molecule has 0 unspecified atom stereocenters. The normalized spacial score (nSPS) is 23.4. The van der Waals surface area contributed by atoms with Gasteiger partial charge in [0.1, 0.15) is 0 Å². The van der Waals surface area contributed by atoms with Gasteiger partial charge in [-0.1, -0.05) is 24.3 Å². The monoisotopic (exact) mass is 233 g/mol. The van der Waals surface area contributed by atoms with Gasteiger partial charge in [-0.3, -0.25) is 0 Å². The van der Waals surface area contributed by atoms with Crippen LogP contribution in [-0.2, 0) is 4.74 Å². The lowest BCUT2D eigenvalue weighted by Crippen LogP contribution is -2.40. The summed E-state index contributed by atoms with van der Waals surface area (Å²) in [5, 5.41) is 3.59. The molecule has 1 aromatic rings. The summed E-state index contributed by atoms with van der Waals surface area (Å²) in [6.07, 6.45) is 3.69. The molecule has 0 atom stereocenters. The zero-order chi connectivity index (χ0) is 12.1. The third-order valence-corrected chi connectivity index (χ3v) is 3.72. The summed E-state index contributed by atoms with van der Waals surface area (Å²) in [4.78, 5) is 0. The van der Waals surface area contributed by atoms with E-state index in [1.54, 1.807) is 12.7 Å². The quantitative estimate of drug-likeness (QED) is 0.763. The zero-order valence-electron chi connectivity index (χ0n) is 10.9. The molecule has 1 saturated carbocycles. The Morgan fingerprint density at radius 2 is 2.06 bits per heavy atom. The van der Waals surface area contributed by atoms with Gasteiger partial charge in [-0.25, -0.2) is 0 Å². The average molecular weight is 233 g/mol. The molecule has 2 rings (SSSR count). The van der Waals surface area contributed by atoms with Gasteiger partial charge in [0.05, 0.1) is 0 Å². The Labute approximate surface area is 104 Å². The highest BCUT2D eigenvalue weighted by atomic mass is 16.5. The van der Waals surface area contributed by atoms with E-state index >= 15 is 0 Å². The predicted octanol–water partition coefficient (Wildman–Crippen LogP) is 2.87. The minimum absolute atomic E-state index is 0.719. The van der Waals surface area contributed by atoms with Crippen LogP contribution in [0.25, 0.3) is 0 Å². The highest BCUT2D eigenvalue weighted by Gasteiger charge is 2.30. The van der Waals surface area contributed by atoms with Gasteiger partial charge in [0.15, 0.2) is 0 Å². The minimum Gasteiger partial charge on any atom is -0.385 e. The SMILES string of the molecule is COCCCNC1CC(c2ccccc2C)C1. The fraction of sp³-hybridized carbons (Fsp3) is 0.600. The van der Waals surface area contributed by atoms with Gasteiger partial charge in [-0.15, -0.1) is 0 Å². The van der Waals surface area contributed by atoms with Crippen molar-refractivity contribution in [2.75, 3.05) is 20.3 Å². The maximum atomic E-state index is 5.04. The van der Waals surface area contributed by atoms with Crippen molar-refractivity contribution >= 4 is 0 Å². The number of ether oxygens (including phenoxy) is 1. The molecule has 0 saturated heterocycles. The first-order valence-corrected chi connectivity index (χ1v) is 6.59. The minimum atomic E-state index is 0.719. The van der Waals surface area contributed by atoms with Crippen molar-refractivity contribution in [3.05, 3.63) is 35.4 Å². The number of methoxy groups -OCH3 is 1. The van der Waals surface area contributed by atoms with Crippen LogP contribution in [0.2, 0.25) is 0 Å². The predicted molar refractivity (Wildman–Crippen MR) is 71.4 cm³/mol. The second-order valence-electron chi connectivity index (χ2n) is 5.02. The van der Waals surface area contributed by atoms with Crippen LogP contribution >= 0.6 is 0 Å². The first-order valence-electron chi connectivity index (χ1n) is 6.59. The first kappa shape index (κ1) is 12.6. The summed E-state index contributed by atoms with van der Waals surface area (Å²) >= 11 is 0. The number of rotatable bonds is 6. The van der Waals surface area contributed by atoms with E-state index < -0.39 is 0 Å². The van der Waals surface area contributed by atoms with Crippen LogP contribution in [0.15, 0.2) is 24.3 Å². The van der Waals surface area contributed by atoms with Crippen LogP contribution in [0, 0.1) is 6.92 Å². The molecule has 17 heavy (non-hydrogen) atoms. The Morgan fingerprint density at radius 3 is 2.76 bits per heavy atom. The van der Waals surface area contributed by atoms with E-state index in [9.17, 15) is 0 Å². The third kappa shape index (κ3) is 3.30. The van der Waals surface area contributed by atoms with E-state index in [2.05, 4.69) is 36.5 Å². The molecule has 1 aliphatic rings. The summed E-state index contributed by atoms with van der Waals surface area (Å²) < 4.78 is 5.04. The van der Waals surface area contributed by atoms with Crippen LogP contribution in [0.3, 0.4) is 0 Å². The van der Waals surface area contributed by atoms with Crippen LogP contribution < -0.4 is 5.32 Å². The lowest BCUT2D eigenvalue weighted by atomic mass is 9.74. The molecule has 1 aliphatic carbocycles. The van der Waals surface area contributed by atoms with E-state index in [4.69, 9.17) is 4.74 Å². The van der Waals surface area contributed by atoms with Crippen LogP contribution in [-0.4, -0.2) is 26.3 Å². The fourth-order valence-corrected chi connectivity index (χ4v) is 2.61. The second kappa shape index (κ2) is 6.18. The molecule has 2 nitrogen and oxygen atoms in total. The number of hydrogen-bond acceptors (Lipinski definition) is 2. The van der Waals surface area contributed by atoms with Gasteiger partial charge in [0, 0.05) is 19.8 Å². The molecule has 0 radical (unpaired) electrons. The molecule has 0 aliphatic heterocycles. The maximum absolute atomic E-state index is 5.04. The lowest BCUT2D eigenvalue weighted by molar-refractivity contribution is 0.189. The van der Waals surface area contributed by atoms with Crippen molar-refractivity contribution in [1.82, 2.24) is 5.32 Å². The molecular formula is C15H23NO. The van der Waals surface area contributed by atoms with Gasteiger partial charge in [0.25, 0.3) is 0 Å². The van der Waals surface area contributed by atoms with Crippen molar-refractivity contribution < 1.29 is 4.74 Å². The average Bonchev–Trinajstić information content (AvgIpc) is 2.28. The topological polar surface area (TPSA) is 21.3 Å². The third-order valence-electron chi connectivity index (χ3n) is 3.72. The van der Waals surface area contributed by atoms with E-state index in [1.807, 2.05) is 0 Å². The molecule has 1 aromatic carbocycles. The largest absolute Gasteiger partial charge is 0.385 e. The molecule has 0 aromatic heterocycles. The first-order chi connectivity index (χ1) is 8.31. The summed E-state index contributed by atoms with van der Waals surface area (Å²) in [6, 6.07) is 9.49. The van der Waals surface area contributed by atoms with Gasteiger partial charge in [-0.2, -0.15) is 0 Å². The Balaban J connectivity index is 1.70. The highest BCUT2D eigenvalue weighted by Crippen LogP contribution is 2.38. The van der Waals surface area contributed by atoms with Gasteiger partial charge >= 0.3 is 0 Å². The molecular weight excluding hydrogens is 210 g/mol. The Bertz CT molecular complexity index is 345. The van der Waals surface area contributed by atoms with Crippen LogP contribution in [0.4, 0.5) is 0 Å². The Morgan fingerprint density at radius 1 is 1.29 bits per heavy atom. The fourth-order valence-electron chi connectivity index (χ4n) is 2.61. The van der Waals surface area contributed by atoms with E-state index in [0.717, 1.165) is 31.5 Å². The summed E-state index contributed by atoms with van der Waals surface area (Å²) in [7, 11) is 1.76. The lowest BCUT2D eigenvalue weighted by Gasteiger charge is -2.37. The number of benzene rings is 1. The molecule has 0 heterocycles. The highest BCUT2D eigenvalue weighted by molar-refractivity contribution is 5.31. The number of aryl methyl sites for hydroxylation is 1. The van der Waals surface area contributed by atoms with Crippen molar-refractivity contribution in [1.29, 1.82) is 0 Å². The molecule has 1 fully saturated rings. The molecule has 94 valence electrons. The molecule has 1 N–H and O–H groups in total. The van der Waals surface area contributed by atoms with Crippen molar-refractivity contribution in [3.8, 4) is 0 Å². The van der Waals surface area contributed by atoms with Crippen LogP contribution in [0.5, 0.6) is 0 Å². The number of nitrogens with one attached hydrogen (secondary N) is 1. The van der Waals surface area contributed by atoms with Crippen LogP contribution in [0.1, 0.15) is 36.3 Å². The molecule has 0 amide bonds. The van der Waals surface area contributed by atoms with Gasteiger partial charge < -0.3 is 10.1 Å². The van der Waals surface area contributed by atoms with Crippen molar-refractivity contribution in [3.63, 3.8) is 0 Å². The smallest absolute Gasteiger partial charge is 0.0474 e. The molecule has 2 heteroatoms. The zero-order valence-corrected chi connectivity index (χ0v) is 10.9. The standard InChI is InChI=1S/C15H23NO/c1-12-6-3-4-7-15(12)13-10-14(11-13)16-8-5-9-17-2/h3-4,6-7,13-14,16H,5,8-11H2,1-2H3. The van der Waals surface area contributed by atoms with E-state index in [0.29, 0.717) is 0 Å². The summed E-state index contributed by atoms with van der Waals surface area (Å²) in [5.74, 6) is 0.774. The second-order valence-corrected chi connectivity index (χ2v) is 5.02. The molecule has 0 spiro atoms. The van der Waals surface area contributed by atoms with E-state index in [1.165, 1.54) is 18.4 Å².